The van der Waals surface area contributed by atoms with Crippen molar-refractivity contribution in [2.45, 2.75) is 0 Å². The van der Waals surface area contributed by atoms with E-state index in [2.05, 4.69) is 11.0 Å². The molecule has 0 aromatic heterocycles. The summed E-state index contributed by atoms with van der Waals surface area (Å²) < 4.78 is 17.1. The quantitative estimate of drug-likeness (QED) is 0.381. The molecule has 0 spiro atoms. The van der Waals surface area contributed by atoms with Crippen LogP contribution in [0.4, 0.5) is 0 Å². The molecule has 0 aliphatic heterocycles. The lowest BCUT2D eigenvalue weighted by Crippen LogP contribution is -2.07. The van der Waals surface area contributed by atoms with Crippen molar-refractivity contribution in [2.24, 2.45) is 5.14 Å². The van der Waals surface area contributed by atoms with Crippen LogP contribution in [0.1, 0.15) is 0 Å². The molecule has 1 atom stereocenters. The van der Waals surface area contributed by atoms with Crippen LogP contribution in [0.25, 0.3) is 0 Å². The van der Waals surface area contributed by atoms with Crippen molar-refractivity contribution in [3.8, 4) is 0 Å². The number of nitrogens with two attached hydrogens (primary N) is 1. The summed E-state index contributed by atoms with van der Waals surface area (Å²) in [4.78, 5) is 0. The maximum Gasteiger partial charge on any atom is 0.135 e. The van der Waals surface area contributed by atoms with Gasteiger partial charge in [-0.05, 0) is 5.87 Å². The Labute approximate surface area is 30.8 Å². The van der Waals surface area contributed by atoms with Gasteiger partial charge in [-0.25, -0.2) is 9.35 Å². The van der Waals surface area contributed by atoms with Gasteiger partial charge in [0.05, 0.1) is 0 Å². The highest BCUT2D eigenvalue weighted by atomic mass is 32.2. The maximum absolute atomic E-state index is 9.41. The Morgan fingerprint density at radius 3 is 2.00 bits per heavy atom. The van der Waals surface area contributed by atoms with Crippen LogP contribution in [-0.2, 0) is 9.99 Å². The van der Waals surface area contributed by atoms with Gasteiger partial charge in [0.2, 0.25) is 0 Å². The molecule has 0 saturated carbocycles. The summed E-state index contributed by atoms with van der Waals surface area (Å²) in [6, 6.07) is 0. The Hall–Kier alpha value is -0.0600. The largest absolute Gasteiger partial charge is 0.303 e. The molecular formula is CH5NO2S. The first kappa shape index (κ1) is 4.94. The molecule has 0 aliphatic carbocycles. The van der Waals surface area contributed by atoms with E-state index in [1.807, 2.05) is 0 Å². The highest BCUT2D eigenvalue weighted by Gasteiger charge is 1.70. The second-order valence-electron chi connectivity index (χ2n) is 0.690. The van der Waals surface area contributed by atoms with E-state index in [0.717, 1.165) is 0 Å². The Kier molecular flexibility index (Phi) is 0.954. The molecule has 0 saturated heterocycles. The molecular weight excluding hydrogens is 90.1 g/mol. The van der Waals surface area contributed by atoms with E-state index in [0.29, 0.717) is 0 Å². The van der Waals surface area contributed by atoms with Gasteiger partial charge in [-0.15, -0.1) is 0 Å². The van der Waals surface area contributed by atoms with Crippen LogP contribution in [-0.4, -0.2) is 14.6 Å². The average Bonchev–Trinajstić information content (AvgIpc) is 0.722. The average molecular weight is 95.1 g/mol. The van der Waals surface area contributed by atoms with Gasteiger partial charge in [0.25, 0.3) is 0 Å². The molecule has 0 bridgehead atoms. The van der Waals surface area contributed by atoms with Crippen molar-refractivity contribution < 1.29 is 8.76 Å². The van der Waals surface area contributed by atoms with E-state index < -0.39 is 9.99 Å². The molecule has 0 fully saturated rings. The third kappa shape index (κ3) is 4120. The SMILES string of the molecule is C=S(N)(=O)O. The predicted octanol–water partition coefficient (Wildman–Crippen LogP) is -0.950. The van der Waals surface area contributed by atoms with Gasteiger partial charge in [-0.2, -0.15) is 0 Å². The van der Waals surface area contributed by atoms with Crippen LogP contribution in [0.2, 0.25) is 0 Å². The predicted molar refractivity (Wildman–Crippen MR) is 22.1 cm³/mol. The van der Waals surface area contributed by atoms with Crippen molar-refractivity contribution in [2.75, 3.05) is 0 Å². The summed E-state index contributed by atoms with van der Waals surface area (Å²) >= 11 is 0. The van der Waals surface area contributed by atoms with Gasteiger partial charge >= 0.3 is 0 Å². The molecule has 4 heteroatoms. The zero-order valence-electron chi connectivity index (χ0n) is 2.55. The monoisotopic (exact) mass is 95.0 g/mol. The van der Waals surface area contributed by atoms with Crippen LogP contribution < -0.4 is 5.14 Å². The van der Waals surface area contributed by atoms with Gasteiger partial charge < -0.3 is 4.55 Å². The highest BCUT2D eigenvalue weighted by molar-refractivity contribution is 7.92. The summed E-state index contributed by atoms with van der Waals surface area (Å²) in [6.07, 6.45) is 0. The first-order valence-electron chi connectivity index (χ1n) is 0.874. The minimum absolute atomic E-state index is 2.63. The first-order chi connectivity index (χ1) is 2.00. The Bertz CT molecular complexity index is 92.8. The van der Waals surface area contributed by atoms with Crippen LogP contribution in [0.5, 0.6) is 0 Å². The summed E-state index contributed by atoms with van der Waals surface area (Å²) in [7, 11) is -3.17. The van der Waals surface area contributed by atoms with Gasteiger partial charge in [-0.3, -0.25) is 0 Å². The smallest absolute Gasteiger partial charge is 0.135 e. The van der Waals surface area contributed by atoms with Crippen LogP contribution in [0.15, 0.2) is 0 Å². The van der Waals surface area contributed by atoms with Gasteiger partial charge in [0, 0.05) is 0 Å². The summed E-state index contributed by atoms with van der Waals surface area (Å²) in [5.41, 5.74) is 0. The normalized spacial score (nSPS) is 21.2. The van der Waals surface area contributed by atoms with Gasteiger partial charge in [0.1, 0.15) is 9.99 Å². The zero-order valence-corrected chi connectivity index (χ0v) is 3.36. The zero-order chi connectivity index (χ0) is 4.50. The van der Waals surface area contributed by atoms with E-state index in [1.54, 1.807) is 0 Å². The number of rotatable bonds is 0. The van der Waals surface area contributed by atoms with E-state index >= 15 is 0 Å². The molecule has 0 heterocycles. The fraction of sp³-hybridized carbons (Fsp3) is 0. The van der Waals surface area contributed by atoms with Crippen molar-refractivity contribution >= 4 is 15.9 Å². The second kappa shape index (κ2) is 0.965. The Morgan fingerprint density at radius 1 is 2.00 bits per heavy atom. The van der Waals surface area contributed by atoms with Crippen molar-refractivity contribution in [1.82, 2.24) is 0 Å². The minimum Gasteiger partial charge on any atom is -0.303 e. The summed E-state index contributed by atoms with van der Waals surface area (Å²) in [6.45, 7) is 0. The van der Waals surface area contributed by atoms with Gasteiger partial charge in [-0.1, -0.05) is 0 Å². The van der Waals surface area contributed by atoms with Crippen LogP contribution in [0, 0.1) is 0 Å². The molecule has 0 aromatic rings. The molecule has 32 valence electrons. The van der Waals surface area contributed by atoms with Crippen LogP contribution in [0.3, 0.4) is 0 Å². The number of hydrogen-bond donors (Lipinski definition) is 2. The van der Waals surface area contributed by atoms with Crippen molar-refractivity contribution in [3.05, 3.63) is 0 Å². The summed E-state index contributed by atoms with van der Waals surface area (Å²) in [5, 5.41) is 4.33. The molecule has 3 N–H and O–H groups in total. The topological polar surface area (TPSA) is 63.3 Å². The maximum atomic E-state index is 9.41. The molecule has 0 rings (SSSR count). The van der Waals surface area contributed by atoms with E-state index in [9.17, 15) is 4.21 Å². The third-order valence-corrected chi connectivity index (χ3v) is 0. The second-order valence-corrected chi connectivity index (χ2v) is 2.07. The molecule has 5 heavy (non-hydrogen) atoms. The molecule has 0 radical (unpaired) electrons. The molecule has 0 amide bonds. The summed E-state index contributed by atoms with van der Waals surface area (Å²) in [5.74, 6) is 2.63. The van der Waals surface area contributed by atoms with E-state index in [-0.39, 0.29) is 0 Å². The number of hydrogen-bond acceptors (Lipinski definition) is 1. The molecule has 1 unspecified atom stereocenters. The standard InChI is InChI=1S/CH5NO2S/c1-5(2,3)4/h1H2,(H3,2,3,4). The van der Waals surface area contributed by atoms with Crippen LogP contribution >= 0.6 is 0 Å². The third-order valence-electron chi connectivity index (χ3n) is 0. The van der Waals surface area contributed by atoms with E-state index in [1.165, 1.54) is 0 Å². The van der Waals surface area contributed by atoms with Gasteiger partial charge in [0.15, 0.2) is 0 Å². The Balaban J connectivity index is 4.06. The Morgan fingerprint density at radius 2 is 2.00 bits per heavy atom. The molecule has 0 aliphatic rings. The fourth-order valence-electron chi connectivity index (χ4n) is 0. The van der Waals surface area contributed by atoms with E-state index in [4.69, 9.17) is 4.55 Å². The fourth-order valence-corrected chi connectivity index (χ4v) is 0. The lowest BCUT2D eigenvalue weighted by Gasteiger charge is -1.78. The lowest BCUT2D eigenvalue weighted by atomic mass is 12.0. The lowest BCUT2D eigenvalue weighted by molar-refractivity contribution is 0.562. The molecule has 3 nitrogen and oxygen atoms in total. The highest BCUT2D eigenvalue weighted by Crippen LogP contribution is 1.51. The minimum atomic E-state index is -3.17. The first-order valence-corrected chi connectivity index (χ1v) is 2.62. The molecule has 0 aromatic carbocycles. The van der Waals surface area contributed by atoms with Crippen molar-refractivity contribution in [1.29, 1.82) is 0 Å². The van der Waals surface area contributed by atoms with Crippen molar-refractivity contribution in [3.63, 3.8) is 0 Å².